The van der Waals surface area contributed by atoms with E-state index < -0.39 is 29.2 Å². The lowest BCUT2D eigenvalue weighted by Crippen LogP contribution is -2.28. The molecule has 3 rings (SSSR count). The average molecular weight is 435 g/mol. The number of benzene rings is 2. The summed E-state index contributed by atoms with van der Waals surface area (Å²) in [6.07, 6.45) is 0.435. The lowest BCUT2D eigenvalue weighted by atomic mass is 10.0. The number of rotatable bonds is 5. The average Bonchev–Trinajstić information content (AvgIpc) is 3.06. The summed E-state index contributed by atoms with van der Waals surface area (Å²) in [6, 6.07) is 16.3. The maximum absolute atomic E-state index is 13.2. The second kappa shape index (κ2) is 9.09. The van der Waals surface area contributed by atoms with Crippen LogP contribution in [0.1, 0.15) is 42.4 Å². The summed E-state index contributed by atoms with van der Waals surface area (Å²) < 4.78 is 11.5. The zero-order valence-electron chi connectivity index (χ0n) is 18.4. The lowest BCUT2D eigenvalue weighted by molar-refractivity contribution is -0.139. The summed E-state index contributed by atoms with van der Waals surface area (Å²) in [4.78, 5) is 38.0. The van der Waals surface area contributed by atoms with Crippen LogP contribution in [0.5, 0.6) is 0 Å². The maximum Gasteiger partial charge on any atom is 0.419 e. The van der Waals surface area contributed by atoms with E-state index in [9.17, 15) is 19.5 Å². The van der Waals surface area contributed by atoms with Crippen LogP contribution in [0, 0.1) is 0 Å². The van der Waals surface area contributed by atoms with E-state index in [4.69, 9.17) is 4.74 Å². The normalized spacial score (nSPS) is 11.9. The molecule has 7 heteroatoms. The molecule has 0 unspecified atom stereocenters. The van der Waals surface area contributed by atoms with Crippen molar-refractivity contribution in [2.75, 3.05) is 7.11 Å². The Balaban J connectivity index is 2.27. The highest BCUT2D eigenvalue weighted by atomic mass is 16.6. The van der Waals surface area contributed by atoms with Crippen LogP contribution in [-0.4, -0.2) is 40.2 Å². The minimum atomic E-state index is -1.03. The van der Waals surface area contributed by atoms with Gasteiger partial charge in [-0.3, -0.25) is 4.79 Å². The fourth-order valence-corrected chi connectivity index (χ4v) is 3.40. The fraction of sp³-hybridized carbons (Fsp3) is 0.240. The molecule has 0 saturated heterocycles. The van der Waals surface area contributed by atoms with E-state index in [1.165, 1.54) is 4.57 Å². The summed E-state index contributed by atoms with van der Waals surface area (Å²) >= 11 is 0. The number of aliphatic hydroxyl groups excluding tert-OH is 1. The Morgan fingerprint density at radius 2 is 1.62 bits per heavy atom. The van der Waals surface area contributed by atoms with E-state index >= 15 is 0 Å². The number of ketones is 1. The number of carbonyl (C=O) groups excluding carboxylic acids is 3. The van der Waals surface area contributed by atoms with Gasteiger partial charge in [0, 0.05) is 23.6 Å². The third-order valence-electron chi connectivity index (χ3n) is 4.67. The molecular formula is C25H25NO6. The largest absolute Gasteiger partial charge is 0.502 e. The molecule has 0 aliphatic carbocycles. The molecule has 0 radical (unpaired) electrons. The van der Waals surface area contributed by atoms with E-state index in [0.717, 1.165) is 18.7 Å². The molecule has 3 aromatic rings. The van der Waals surface area contributed by atoms with Crippen molar-refractivity contribution in [1.82, 2.24) is 4.57 Å². The van der Waals surface area contributed by atoms with Crippen molar-refractivity contribution in [2.45, 2.75) is 32.8 Å². The summed E-state index contributed by atoms with van der Waals surface area (Å²) in [5, 5.41) is 10.4. The first kappa shape index (κ1) is 22.8. The first-order valence-corrected chi connectivity index (χ1v) is 10.0. The Morgan fingerprint density at radius 3 is 2.25 bits per heavy atom. The molecule has 32 heavy (non-hydrogen) atoms. The Bertz CT molecular complexity index is 1200. The molecule has 1 N–H and O–H groups in total. The number of aliphatic hydroxyl groups is 1. The van der Waals surface area contributed by atoms with Crippen molar-refractivity contribution in [3.8, 4) is 0 Å². The molecule has 0 amide bonds. The van der Waals surface area contributed by atoms with Crippen LogP contribution < -0.4 is 0 Å². The van der Waals surface area contributed by atoms with Gasteiger partial charge in [0.15, 0.2) is 5.78 Å². The number of para-hydroxylation sites is 1. The Labute approximate surface area is 185 Å². The number of methoxy groups -OCH3 is 1. The van der Waals surface area contributed by atoms with Crippen LogP contribution in [0.25, 0.3) is 10.9 Å². The van der Waals surface area contributed by atoms with Gasteiger partial charge in [-0.05, 0) is 32.4 Å². The number of hydrogen-bond acceptors (Lipinski definition) is 6. The topological polar surface area (TPSA) is 94.8 Å². The number of aromatic nitrogens is 1. The van der Waals surface area contributed by atoms with Crippen LogP contribution in [0.3, 0.4) is 0 Å². The van der Waals surface area contributed by atoms with Crippen molar-refractivity contribution in [1.29, 1.82) is 0 Å². The second-order valence-electron chi connectivity index (χ2n) is 8.20. The van der Waals surface area contributed by atoms with Crippen molar-refractivity contribution in [3.05, 3.63) is 83.3 Å². The van der Waals surface area contributed by atoms with E-state index in [1.807, 2.05) is 30.3 Å². The first-order valence-electron chi connectivity index (χ1n) is 10.0. The van der Waals surface area contributed by atoms with E-state index in [1.54, 1.807) is 45.0 Å². The van der Waals surface area contributed by atoms with E-state index in [-0.39, 0.29) is 12.0 Å². The van der Waals surface area contributed by atoms with Crippen LogP contribution >= 0.6 is 0 Å². The van der Waals surface area contributed by atoms with Crippen LogP contribution in [-0.2, 0) is 20.7 Å². The summed E-state index contributed by atoms with van der Waals surface area (Å²) in [6.45, 7) is 5.28. The van der Waals surface area contributed by atoms with Gasteiger partial charge >= 0.3 is 12.1 Å². The first-order chi connectivity index (χ1) is 15.1. The lowest BCUT2D eigenvalue weighted by Gasteiger charge is -2.21. The van der Waals surface area contributed by atoms with Gasteiger partial charge in [-0.25, -0.2) is 14.2 Å². The molecule has 0 aliphatic heterocycles. The molecule has 2 aromatic carbocycles. The van der Waals surface area contributed by atoms with Crippen molar-refractivity contribution in [3.63, 3.8) is 0 Å². The number of nitrogens with zero attached hydrogens (tertiary/aromatic N) is 1. The van der Waals surface area contributed by atoms with Gasteiger partial charge in [0.05, 0.1) is 18.2 Å². The molecule has 1 heterocycles. The third kappa shape index (κ3) is 4.88. The van der Waals surface area contributed by atoms with Crippen LogP contribution in [0.2, 0.25) is 0 Å². The van der Waals surface area contributed by atoms with E-state index in [2.05, 4.69) is 4.74 Å². The standard InChI is InChI=1S/C25H25NO6/c1-25(2,3)32-24(30)26-18-13-9-8-12-17(18)22(20(27)15-21(28)23(29)31-4)19(26)14-16-10-6-5-7-11-16/h5-13,15,28H,14H2,1-4H3/b21-15-. The molecule has 0 bridgehead atoms. The zero-order valence-corrected chi connectivity index (χ0v) is 18.4. The minimum absolute atomic E-state index is 0.200. The molecule has 166 valence electrons. The zero-order chi connectivity index (χ0) is 23.5. The minimum Gasteiger partial charge on any atom is -0.502 e. The van der Waals surface area contributed by atoms with Gasteiger partial charge in [0.25, 0.3) is 0 Å². The summed E-state index contributed by atoms with van der Waals surface area (Å²) in [7, 11) is 1.10. The Kier molecular flexibility index (Phi) is 6.48. The quantitative estimate of drug-likeness (QED) is 0.267. The van der Waals surface area contributed by atoms with Crippen LogP contribution in [0.4, 0.5) is 4.79 Å². The van der Waals surface area contributed by atoms with Gasteiger partial charge in [0.2, 0.25) is 5.76 Å². The molecule has 1 aromatic heterocycles. The molecule has 0 atom stereocenters. The number of carbonyl (C=O) groups is 3. The number of fused-ring (bicyclic) bond motifs is 1. The number of allylic oxidation sites excluding steroid dienone is 1. The molecular weight excluding hydrogens is 410 g/mol. The van der Waals surface area contributed by atoms with Gasteiger partial charge in [-0.2, -0.15) is 0 Å². The highest BCUT2D eigenvalue weighted by Gasteiger charge is 2.28. The monoisotopic (exact) mass is 435 g/mol. The summed E-state index contributed by atoms with van der Waals surface area (Å²) in [5.74, 6) is -2.48. The van der Waals surface area contributed by atoms with Gasteiger partial charge < -0.3 is 14.6 Å². The van der Waals surface area contributed by atoms with Gasteiger partial charge in [0.1, 0.15) is 5.60 Å². The number of ether oxygens (including phenoxy) is 2. The molecule has 0 spiro atoms. The third-order valence-corrected chi connectivity index (χ3v) is 4.67. The van der Waals surface area contributed by atoms with Crippen LogP contribution in [0.15, 0.2) is 66.4 Å². The second-order valence-corrected chi connectivity index (χ2v) is 8.20. The van der Waals surface area contributed by atoms with Gasteiger partial charge in [-0.15, -0.1) is 0 Å². The van der Waals surface area contributed by atoms with Crippen molar-refractivity contribution in [2.24, 2.45) is 0 Å². The smallest absolute Gasteiger partial charge is 0.419 e. The van der Waals surface area contributed by atoms with Gasteiger partial charge in [-0.1, -0.05) is 48.5 Å². The Hall–Kier alpha value is -3.87. The molecule has 7 nitrogen and oxygen atoms in total. The van der Waals surface area contributed by atoms with E-state index in [0.29, 0.717) is 16.6 Å². The predicted octanol–water partition coefficient (Wildman–Crippen LogP) is 4.81. The highest BCUT2D eigenvalue weighted by molar-refractivity contribution is 6.17. The maximum atomic E-state index is 13.2. The molecule has 0 aliphatic rings. The highest BCUT2D eigenvalue weighted by Crippen LogP contribution is 2.30. The Morgan fingerprint density at radius 1 is 1.00 bits per heavy atom. The number of hydrogen-bond donors (Lipinski definition) is 1. The number of esters is 1. The SMILES string of the molecule is COC(=O)/C(O)=C/C(=O)c1c(Cc2ccccc2)n(C(=O)OC(C)(C)C)c2ccccc12. The summed E-state index contributed by atoms with van der Waals surface area (Å²) in [5.41, 5.74) is 1.20. The van der Waals surface area contributed by atoms with Crippen molar-refractivity contribution >= 4 is 28.7 Å². The molecule has 0 fully saturated rings. The fourth-order valence-electron chi connectivity index (χ4n) is 3.40. The predicted molar refractivity (Wildman–Crippen MR) is 120 cm³/mol. The molecule has 0 saturated carbocycles. The van der Waals surface area contributed by atoms with Crippen molar-refractivity contribution < 1.29 is 29.0 Å².